The van der Waals surface area contributed by atoms with Gasteiger partial charge in [-0.2, -0.15) is 0 Å². The first-order valence-corrected chi connectivity index (χ1v) is 8.10. The van der Waals surface area contributed by atoms with Crippen molar-refractivity contribution in [3.63, 3.8) is 0 Å². The number of hydrogen-bond donors (Lipinski definition) is 2. The summed E-state index contributed by atoms with van der Waals surface area (Å²) in [6.45, 7) is 3.16. The van der Waals surface area contributed by atoms with E-state index in [9.17, 15) is 4.39 Å². The van der Waals surface area contributed by atoms with Gasteiger partial charge in [0.25, 0.3) is 0 Å². The molecule has 2 rings (SSSR count). The Kier molecular flexibility index (Phi) is 9.79. The highest BCUT2D eigenvalue weighted by Gasteiger charge is 2.06. The maximum atomic E-state index is 12.9. The zero-order chi connectivity index (χ0) is 18.1. The molecule has 5 nitrogen and oxygen atoms in total. The molecule has 0 aliphatic heterocycles. The molecule has 0 heterocycles. The van der Waals surface area contributed by atoms with Gasteiger partial charge < -0.3 is 20.1 Å². The highest BCUT2D eigenvalue weighted by atomic mass is 127. The first kappa shape index (κ1) is 22.0. The molecule has 0 aliphatic rings. The normalized spacial score (nSPS) is 11.9. The lowest BCUT2D eigenvalue weighted by Gasteiger charge is -2.18. The van der Waals surface area contributed by atoms with Crippen molar-refractivity contribution in [2.24, 2.45) is 4.99 Å². The van der Waals surface area contributed by atoms with Crippen LogP contribution in [0.2, 0.25) is 0 Å². The lowest BCUT2D eigenvalue weighted by Crippen LogP contribution is -2.41. The van der Waals surface area contributed by atoms with Gasteiger partial charge in [0.1, 0.15) is 23.4 Å². The van der Waals surface area contributed by atoms with Crippen LogP contribution in [0.1, 0.15) is 12.5 Å². The summed E-state index contributed by atoms with van der Waals surface area (Å²) in [7, 11) is 3.36. The second kappa shape index (κ2) is 11.6. The van der Waals surface area contributed by atoms with E-state index in [0.29, 0.717) is 24.8 Å². The maximum Gasteiger partial charge on any atom is 0.191 e. The monoisotopic (exact) mass is 473 g/mol. The number of nitrogens with zero attached hydrogens (tertiary/aromatic N) is 1. The zero-order valence-electron chi connectivity index (χ0n) is 15.2. The molecule has 0 saturated carbocycles. The standard InChI is InChI=1S/C19H24FN3O2.HI/c1-14(25-18-10-6-16(20)7-11-18)12-22-19(21-2)23-13-15-4-8-17(24-3)9-5-15;/h4-11,14H,12-13H2,1-3H3,(H2,21,22,23);1H. The third-order valence-corrected chi connectivity index (χ3v) is 3.55. The fourth-order valence-electron chi connectivity index (χ4n) is 2.18. The van der Waals surface area contributed by atoms with Crippen LogP contribution in [0.4, 0.5) is 4.39 Å². The minimum absolute atomic E-state index is 0. The van der Waals surface area contributed by atoms with Gasteiger partial charge >= 0.3 is 0 Å². The molecule has 2 aromatic rings. The van der Waals surface area contributed by atoms with Gasteiger partial charge in [-0.25, -0.2) is 4.39 Å². The van der Waals surface area contributed by atoms with Gasteiger partial charge in [0.15, 0.2) is 5.96 Å². The fourth-order valence-corrected chi connectivity index (χ4v) is 2.18. The lowest BCUT2D eigenvalue weighted by molar-refractivity contribution is 0.223. The van der Waals surface area contributed by atoms with Gasteiger partial charge in [0.05, 0.1) is 13.7 Å². The van der Waals surface area contributed by atoms with Crippen LogP contribution in [0, 0.1) is 5.82 Å². The molecule has 0 saturated heterocycles. The summed E-state index contributed by atoms with van der Waals surface area (Å²) < 4.78 is 23.8. The van der Waals surface area contributed by atoms with Crippen LogP contribution >= 0.6 is 24.0 Å². The SMILES string of the molecule is CN=C(NCc1ccc(OC)cc1)NCC(C)Oc1ccc(F)cc1.I. The van der Waals surface area contributed by atoms with Gasteiger partial charge in [-0.1, -0.05) is 12.1 Å². The van der Waals surface area contributed by atoms with Crippen LogP contribution in [0.15, 0.2) is 53.5 Å². The average Bonchev–Trinajstić information content (AvgIpc) is 2.64. The van der Waals surface area contributed by atoms with E-state index in [4.69, 9.17) is 9.47 Å². The van der Waals surface area contributed by atoms with E-state index in [1.807, 2.05) is 31.2 Å². The molecule has 1 atom stereocenters. The van der Waals surface area contributed by atoms with Crippen LogP contribution in [-0.4, -0.2) is 32.8 Å². The van der Waals surface area contributed by atoms with Crippen molar-refractivity contribution in [2.45, 2.75) is 19.6 Å². The summed E-state index contributed by atoms with van der Waals surface area (Å²) >= 11 is 0. The lowest BCUT2D eigenvalue weighted by atomic mass is 10.2. The Hall–Kier alpha value is -2.03. The number of methoxy groups -OCH3 is 1. The van der Waals surface area contributed by atoms with E-state index < -0.39 is 0 Å². The third kappa shape index (κ3) is 7.47. The highest BCUT2D eigenvalue weighted by Crippen LogP contribution is 2.13. The molecule has 0 aromatic heterocycles. The van der Waals surface area contributed by atoms with Gasteiger partial charge in [0, 0.05) is 13.6 Å². The Bertz CT molecular complexity index is 678. The number of halogens is 2. The van der Waals surface area contributed by atoms with Crippen LogP contribution in [0.5, 0.6) is 11.5 Å². The predicted molar refractivity (Wildman–Crippen MR) is 113 cm³/mol. The Balaban J connectivity index is 0.00000338. The van der Waals surface area contributed by atoms with Crippen molar-refractivity contribution in [3.8, 4) is 11.5 Å². The minimum atomic E-state index is -0.277. The zero-order valence-corrected chi connectivity index (χ0v) is 17.5. The molecular formula is C19H25FIN3O2. The largest absolute Gasteiger partial charge is 0.497 e. The first-order chi connectivity index (χ1) is 12.1. The Labute approximate surface area is 171 Å². The topological polar surface area (TPSA) is 54.9 Å². The molecule has 26 heavy (non-hydrogen) atoms. The van der Waals surface area contributed by atoms with Crippen molar-refractivity contribution >= 4 is 29.9 Å². The summed E-state index contributed by atoms with van der Waals surface area (Å²) in [6.07, 6.45) is -0.0926. The third-order valence-electron chi connectivity index (χ3n) is 3.55. The van der Waals surface area contributed by atoms with Gasteiger partial charge in [-0.05, 0) is 48.9 Å². The molecule has 0 bridgehead atoms. The summed E-state index contributed by atoms with van der Waals surface area (Å²) in [6, 6.07) is 13.8. The average molecular weight is 473 g/mol. The molecule has 1 unspecified atom stereocenters. The van der Waals surface area contributed by atoms with Crippen molar-refractivity contribution in [2.75, 3.05) is 20.7 Å². The summed E-state index contributed by atoms with van der Waals surface area (Å²) in [5, 5.41) is 6.45. The van der Waals surface area contributed by atoms with Gasteiger partial charge in [-0.3, -0.25) is 4.99 Å². The molecule has 0 amide bonds. The van der Waals surface area contributed by atoms with E-state index in [1.54, 1.807) is 26.3 Å². The molecule has 2 N–H and O–H groups in total. The van der Waals surface area contributed by atoms with Crippen LogP contribution in [0.3, 0.4) is 0 Å². The summed E-state index contributed by atoms with van der Waals surface area (Å²) in [4.78, 5) is 4.19. The van der Waals surface area contributed by atoms with Crippen LogP contribution in [-0.2, 0) is 6.54 Å². The number of ether oxygens (including phenoxy) is 2. The number of rotatable bonds is 7. The second-order valence-electron chi connectivity index (χ2n) is 5.54. The van der Waals surface area contributed by atoms with Gasteiger partial charge in [-0.15, -0.1) is 24.0 Å². The van der Waals surface area contributed by atoms with E-state index >= 15 is 0 Å². The van der Waals surface area contributed by atoms with E-state index in [1.165, 1.54) is 12.1 Å². The summed E-state index contributed by atoms with van der Waals surface area (Å²) in [5.41, 5.74) is 1.12. The first-order valence-electron chi connectivity index (χ1n) is 8.10. The smallest absolute Gasteiger partial charge is 0.191 e. The molecule has 0 spiro atoms. The second-order valence-corrected chi connectivity index (χ2v) is 5.54. The fraction of sp³-hybridized carbons (Fsp3) is 0.316. The number of guanidine groups is 1. The molecule has 0 radical (unpaired) electrons. The van der Waals surface area contributed by atoms with Gasteiger partial charge in [0.2, 0.25) is 0 Å². The number of hydrogen-bond acceptors (Lipinski definition) is 3. The Morgan fingerprint density at radius 2 is 1.65 bits per heavy atom. The molecule has 2 aromatic carbocycles. The minimum Gasteiger partial charge on any atom is -0.497 e. The van der Waals surface area contributed by atoms with Crippen LogP contribution in [0.25, 0.3) is 0 Å². The molecule has 142 valence electrons. The Morgan fingerprint density at radius 1 is 1.04 bits per heavy atom. The maximum absolute atomic E-state index is 12.9. The van der Waals surface area contributed by atoms with Crippen molar-refractivity contribution in [1.82, 2.24) is 10.6 Å². The van der Waals surface area contributed by atoms with Crippen molar-refractivity contribution in [1.29, 1.82) is 0 Å². The molecular weight excluding hydrogens is 448 g/mol. The summed E-state index contributed by atoms with van der Waals surface area (Å²) in [5.74, 6) is 1.88. The van der Waals surface area contributed by atoms with Crippen molar-refractivity contribution in [3.05, 3.63) is 59.9 Å². The molecule has 7 heteroatoms. The number of aliphatic imine (C=N–C) groups is 1. The van der Waals surface area contributed by atoms with Crippen LogP contribution < -0.4 is 20.1 Å². The van der Waals surface area contributed by atoms with E-state index in [-0.39, 0.29) is 35.9 Å². The Morgan fingerprint density at radius 3 is 2.23 bits per heavy atom. The van der Waals surface area contributed by atoms with E-state index in [2.05, 4.69) is 15.6 Å². The van der Waals surface area contributed by atoms with E-state index in [0.717, 1.165) is 11.3 Å². The number of nitrogens with one attached hydrogen (secondary N) is 2. The number of benzene rings is 2. The van der Waals surface area contributed by atoms with Crippen molar-refractivity contribution < 1.29 is 13.9 Å². The highest BCUT2D eigenvalue weighted by molar-refractivity contribution is 14.0. The quantitative estimate of drug-likeness (QED) is 0.367. The molecule has 0 fully saturated rings. The molecule has 0 aliphatic carbocycles. The predicted octanol–water partition coefficient (Wildman–Crippen LogP) is 3.58.